The first-order valence-electron chi connectivity index (χ1n) is 19.9. The van der Waals surface area contributed by atoms with Crippen molar-refractivity contribution in [1.29, 1.82) is 0 Å². The van der Waals surface area contributed by atoms with Crippen LogP contribution in [0.15, 0.2) is 18.5 Å². The summed E-state index contributed by atoms with van der Waals surface area (Å²) < 4.78 is 20.0. The summed E-state index contributed by atoms with van der Waals surface area (Å²) in [5, 5.41) is 49.3. The maximum Gasteiger partial charge on any atom is 0.227 e. The summed E-state index contributed by atoms with van der Waals surface area (Å²) in [4.78, 5) is 1.33. The fourth-order valence-corrected chi connectivity index (χ4v) is 14.8. The largest absolute Gasteiger partial charge is 0.359 e. The molecule has 4 aromatic rings. The molecule has 0 unspecified atom stereocenters. The molecule has 0 bridgehead atoms. The summed E-state index contributed by atoms with van der Waals surface area (Å²) >= 11 is 0. The normalized spacial score (nSPS) is 43.2. The summed E-state index contributed by atoms with van der Waals surface area (Å²) in [5.74, 6) is 4.57. The molecule has 8 aliphatic carbocycles. The van der Waals surface area contributed by atoms with Gasteiger partial charge in [0.25, 0.3) is 0 Å². The third-order valence-corrected chi connectivity index (χ3v) is 17.4. The molecule has 4 fully saturated rings. The molecule has 276 valence electrons. The van der Waals surface area contributed by atoms with Crippen LogP contribution in [-0.2, 0) is 36.5 Å². The van der Waals surface area contributed by atoms with E-state index in [1.54, 1.807) is 0 Å². The van der Waals surface area contributed by atoms with Crippen molar-refractivity contribution >= 4 is 0 Å². The Hall–Kier alpha value is -3.84. The number of hydrogen-bond acceptors (Lipinski definition) is 12. The molecule has 14 heteroatoms. The highest BCUT2D eigenvalue weighted by molar-refractivity contribution is 5.33. The zero-order valence-corrected chi connectivity index (χ0v) is 30.5. The fourth-order valence-electron chi connectivity index (χ4n) is 14.8. The van der Waals surface area contributed by atoms with Crippen LogP contribution in [0.1, 0.15) is 149 Å². The average molecular weight is 713 g/mol. The summed E-state index contributed by atoms with van der Waals surface area (Å²) in [6.45, 7) is 9.51. The van der Waals surface area contributed by atoms with Crippen LogP contribution in [0.4, 0.5) is 0 Å². The predicted molar refractivity (Wildman–Crippen MR) is 178 cm³/mol. The highest BCUT2D eigenvalue weighted by Gasteiger charge is 2.65. The van der Waals surface area contributed by atoms with Gasteiger partial charge in [0.15, 0.2) is 5.69 Å². The van der Waals surface area contributed by atoms with Gasteiger partial charge in [-0.2, -0.15) is 0 Å². The second kappa shape index (κ2) is 10.4. The van der Waals surface area contributed by atoms with Crippen molar-refractivity contribution in [2.75, 3.05) is 0 Å². The van der Waals surface area contributed by atoms with Crippen molar-refractivity contribution < 1.29 is 28.3 Å². The van der Waals surface area contributed by atoms with Gasteiger partial charge >= 0.3 is 0 Å². The molecular weight excluding hydrogens is 664 g/mol. The van der Waals surface area contributed by atoms with Crippen LogP contribution in [0, 0.1) is 56.8 Å². The molecule has 12 atom stereocenters. The monoisotopic (exact) mass is 712 g/mol. The molecule has 14 nitrogen and oxygen atoms in total. The van der Waals surface area contributed by atoms with Crippen LogP contribution in [0.25, 0.3) is 0 Å². The lowest BCUT2D eigenvalue weighted by Gasteiger charge is -2.58. The van der Waals surface area contributed by atoms with Crippen LogP contribution in [0.2, 0.25) is 0 Å². The molecule has 8 aliphatic rings. The molecule has 4 saturated carbocycles. The van der Waals surface area contributed by atoms with Gasteiger partial charge in [0.1, 0.15) is 22.8 Å². The predicted octanol–water partition coefficient (Wildman–Crippen LogP) is 5.35. The zero-order chi connectivity index (χ0) is 35.4. The van der Waals surface area contributed by atoms with E-state index >= 15 is 0 Å². The summed E-state index contributed by atoms with van der Waals surface area (Å²) in [6, 6.07) is 0. The lowest BCUT2D eigenvalue weighted by molar-refractivity contribution is -0.810. The van der Waals surface area contributed by atoms with E-state index in [0.29, 0.717) is 57.1 Å². The van der Waals surface area contributed by atoms with E-state index in [2.05, 4.69) is 58.6 Å². The number of aryl methyl sites for hydroxylation is 2. The van der Waals surface area contributed by atoms with E-state index in [1.807, 2.05) is 0 Å². The van der Waals surface area contributed by atoms with Crippen molar-refractivity contribution in [3.63, 3.8) is 0 Å². The molecule has 52 heavy (non-hydrogen) atoms. The fraction of sp³-hybridized carbons (Fsp3) is 0.789. The van der Waals surface area contributed by atoms with Crippen LogP contribution < -0.4 is 9.81 Å². The maximum atomic E-state index is 12.2. The minimum absolute atomic E-state index is 0.00582. The molecule has 0 N–H and O–H groups in total. The van der Waals surface area contributed by atoms with Gasteiger partial charge in [-0.3, -0.25) is 9.26 Å². The van der Waals surface area contributed by atoms with Crippen molar-refractivity contribution in [1.82, 2.24) is 30.9 Å². The summed E-state index contributed by atoms with van der Waals surface area (Å²) in [6.07, 6.45) is 15.1. The summed E-state index contributed by atoms with van der Waals surface area (Å²) in [7, 11) is 0. The van der Waals surface area contributed by atoms with Gasteiger partial charge < -0.3 is 10.4 Å². The van der Waals surface area contributed by atoms with Gasteiger partial charge in [0.05, 0.1) is 0 Å². The van der Waals surface area contributed by atoms with E-state index in [-0.39, 0.29) is 21.7 Å². The van der Waals surface area contributed by atoms with Crippen molar-refractivity contribution in [2.24, 2.45) is 46.3 Å². The lowest BCUT2D eigenvalue weighted by Crippen LogP contribution is -2.54. The Morgan fingerprint density at radius 2 is 1.12 bits per heavy atom. The minimum Gasteiger partial charge on any atom is -0.359 e. The molecule has 4 heterocycles. The van der Waals surface area contributed by atoms with E-state index in [9.17, 15) is 10.4 Å². The van der Waals surface area contributed by atoms with Crippen molar-refractivity contribution in [2.45, 2.75) is 140 Å². The Morgan fingerprint density at radius 1 is 0.558 bits per heavy atom. The molecule has 0 spiro atoms. The Labute approximate surface area is 301 Å². The van der Waals surface area contributed by atoms with Crippen LogP contribution in [0.3, 0.4) is 0 Å². The Morgan fingerprint density at radius 3 is 1.73 bits per heavy atom. The molecule has 0 aliphatic heterocycles. The van der Waals surface area contributed by atoms with E-state index in [4.69, 9.17) is 18.5 Å². The second-order valence-electron chi connectivity index (χ2n) is 19.0. The highest BCUT2D eigenvalue weighted by atomic mass is 16.8. The van der Waals surface area contributed by atoms with Gasteiger partial charge in [0.2, 0.25) is 17.1 Å². The van der Waals surface area contributed by atoms with Crippen molar-refractivity contribution in [3.8, 4) is 0 Å². The number of hydrogen-bond donors (Lipinski definition) is 0. The lowest BCUT2D eigenvalue weighted by atomic mass is 9.45. The molecule has 0 saturated heterocycles. The van der Waals surface area contributed by atoms with Gasteiger partial charge in [0, 0.05) is 45.8 Å². The first-order valence-corrected chi connectivity index (χ1v) is 19.9. The van der Waals surface area contributed by atoms with Gasteiger partial charge in [-0.1, -0.05) is 48.3 Å². The highest BCUT2D eigenvalue weighted by Crippen LogP contribution is 2.68. The van der Waals surface area contributed by atoms with Crippen molar-refractivity contribution in [3.05, 3.63) is 56.0 Å². The van der Waals surface area contributed by atoms with E-state index in [0.717, 1.165) is 116 Å². The molecule has 12 rings (SSSR count). The quantitative estimate of drug-likeness (QED) is 0.213. The molecule has 0 aromatic carbocycles. The van der Waals surface area contributed by atoms with Crippen LogP contribution in [0.5, 0.6) is 0 Å². The topological polar surface area (TPSA) is 184 Å². The molecule has 4 aromatic heterocycles. The van der Waals surface area contributed by atoms with Crippen LogP contribution in [-0.4, -0.2) is 30.9 Å². The SMILES string of the molecule is C[C@]12CCc3nonc3[C@H]1CC[C@@H]1[C@@H]2CC[C@]2(C)c3c(no[n+]3[O-])C[C@@H]12.C[C@]12CCc3nonc3[C@H]1CC[C@@H]1[C@@H]2CC[C@]2(C)c3no[n+]([O-])c3C[C@@H]12. The third kappa shape index (κ3) is 3.86. The second-order valence-corrected chi connectivity index (χ2v) is 19.0. The molecular formula is C38H48N8O6. The van der Waals surface area contributed by atoms with Gasteiger partial charge in [-0.05, 0) is 133 Å². The average Bonchev–Trinajstić information content (AvgIpc) is 3.98. The van der Waals surface area contributed by atoms with Crippen LogP contribution >= 0.6 is 0 Å². The number of aromatic nitrogens is 8. The smallest absolute Gasteiger partial charge is 0.227 e. The van der Waals surface area contributed by atoms with E-state index < -0.39 is 0 Å². The standard InChI is InChI=1S/2C19H24N4O3/c1-18-8-6-14-16(21-25-20-14)12(18)4-3-10-11(18)5-7-19(2)13(10)9-15-17(19)22-26-23(15)24;1-18-8-6-14-16(22-25-20-14)12(18)4-3-10-11(18)5-7-19(2)13(10)9-15-17(19)23(24)26-21-15/h2*10-13H,3-9H2,1-2H3/t2*10-,11+,12-,13+,18-,19+/m11/s1. The molecule has 0 amide bonds. The molecule has 0 radical (unpaired) electrons. The number of fused-ring (bicyclic) bond motifs is 18. The van der Waals surface area contributed by atoms with Gasteiger partial charge in [-0.15, -0.1) is 0 Å². The maximum absolute atomic E-state index is 12.2. The Bertz CT molecular complexity index is 2000. The first-order chi connectivity index (χ1) is 25.0. The number of rotatable bonds is 0. The third-order valence-electron chi connectivity index (χ3n) is 17.4. The first kappa shape index (κ1) is 31.7. The van der Waals surface area contributed by atoms with Gasteiger partial charge in [-0.25, -0.2) is 9.26 Å². The Balaban J connectivity index is 0.000000123. The van der Waals surface area contributed by atoms with E-state index in [1.165, 1.54) is 19.3 Å². The minimum atomic E-state index is -0.0866. The Kier molecular flexibility index (Phi) is 6.35. The summed E-state index contributed by atoms with van der Waals surface area (Å²) in [5.41, 5.74) is 8.21. The number of nitrogens with zero attached hydrogens (tertiary/aromatic N) is 8. The zero-order valence-electron chi connectivity index (χ0n) is 30.5.